The van der Waals surface area contributed by atoms with Crippen LogP contribution in [-0.2, 0) is 11.2 Å². The minimum absolute atomic E-state index is 0.0722. The van der Waals surface area contributed by atoms with E-state index in [1.54, 1.807) is 0 Å². The number of benzene rings is 2. The van der Waals surface area contributed by atoms with Crippen molar-refractivity contribution >= 4 is 23.2 Å². The molecule has 0 N–H and O–H groups in total. The minimum Gasteiger partial charge on any atom is -0.341 e. The number of nitrogens with zero attached hydrogens (tertiary/aromatic N) is 3. The van der Waals surface area contributed by atoms with Crippen molar-refractivity contribution < 1.29 is 9.59 Å². The fourth-order valence-corrected chi connectivity index (χ4v) is 6.29. The first-order chi connectivity index (χ1) is 17.1. The zero-order chi connectivity index (χ0) is 24.2. The number of carbonyl (C=O) groups is 2. The molecule has 0 bridgehead atoms. The second-order valence-electron chi connectivity index (χ2n) is 9.49. The van der Waals surface area contributed by atoms with Crippen LogP contribution in [0.5, 0.6) is 0 Å². The molecule has 5 rings (SSSR count). The topological polar surface area (TPSA) is 43.9 Å². The second kappa shape index (κ2) is 10.8. The van der Waals surface area contributed by atoms with Crippen LogP contribution in [0.15, 0.2) is 66.0 Å². The molecule has 0 radical (unpaired) electrons. The highest BCUT2D eigenvalue weighted by molar-refractivity contribution is 7.10. The van der Waals surface area contributed by atoms with Crippen molar-refractivity contribution in [3.8, 4) is 0 Å². The standard InChI is InChI=1S/C29H33N3O2S/c1-22-8-5-6-11-24(22)29(34)32-16-7-15-30(19-20-32)27(33)13-18-31-17-12-26-25(14-21-35-26)28(31)23-9-3-2-4-10-23/h2-6,8-11,14,21,28H,7,12-13,15-20H2,1H3/t28-/m0/s1. The predicted molar refractivity (Wildman–Crippen MR) is 141 cm³/mol. The molecule has 3 heterocycles. The van der Waals surface area contributed by atoms with E-state index in [2.05, 4.69) is 46.7 Å². The van der Waals surface area contributed by atoms with Crippen molar-refractivity contribution in [2.75, 3.05) is 39.3 Å². The third kappa shape index (κ3) is 5.19. The van der Waals surface area contributed by atoms with Gasteiger partial charge in [0.2, 0.25) is 5.91 Å². The lowest BCUT2D eigenvalue weighted by atomic mass is 9.93. The second-order valence-corrected chi connectivity index (χ2v) is 10.5. The van der Waals surface area contributed by atoms with Gasteiger partial charge in [0.1, 0.15) is 0 Å². The number of aryl methyl sites for hydroxylation is 1. The van der Waals surface area contributed by atoms with Gasteiger partial charge in [0.15, 0.2) is 0 Å². The number of fused-ring (bicyclic) bond motifs is 1. The SMILES string of the molecule is Cc1ccccc1C(=O)N1CCCN(C(=O)CCN2CCc3sccc3[C@@H]2c2ccccc2)CC1. The third-order valence-corrected chi connectivity index (χ3v) is 8.30. The van der Waals surface area contributed by atoms with Crippen molar-refractivity contribution in [1.82, 2.24) is 14.7 Å². The average molecular weight is 488 g/mol. The fraction of sp³-hybridized carbons (Fsp3) is 0.379. The Bertz CT molecular complexity index is 1180. The van der Waals surface area contributed by atoms with Crippen LogP contribution in [0.1, 0.15) is 50.8 Å². The summed E-state index contributed by atoms with van der Waals surface area (Å²) in [5.74, 6) is 0.265. The van der Waals surface area contributed by atoms with Gasteiger partial charge in [0, 0.05) is 56.1 Å². The maximum absolute atomic E-state index is 13.2. The smallest absolute Gasteiger partial charge is 0.254 e. The van der Waals surface area contributed by atoms with Crippen LogP contribution in [0.25, 0.3) is 0 Å². The first kappa shape index (κ1) is 23.8. The zero-order valence-electron chi connectivity index (χ0n) is 20.4. The van der Waals surface area contributed by atoms with Gasteiger partial charge in [-0.05, 0) is 54.0 Å². The van der Waals surface area contributed by atoms with E-state index in [9.17, 15) is 9.59 Å². The number of thiophene rings is 1. The fourth-order valence-electron chi connectivity index (χ4n) is 5.39. The van der Waals surface area contributed by atoms with Crippen LogP contribution in [0.4, 0.5) is 0 Å². The molecule has 1 fully saturated rings. The molecular weight excluding hydrogens is 454 g/mol. The van der Waals surface area contributed by atoms with Crippen molar-refractivity contribution in [2.24, 2.45) is 0 Å². The number of carbonyl (C=O) groups excluding carboxylic acids is 2. The van der Waals surface area contributed by atoms with Gasteiger partial charge in [-0.3, -0.25) is 14.5 Å². The Labute approximate surface area is 212 Å². The number of hydrogen-bond acceptors (Lipinski definition) is 4. The normalized spacial score (nSPS) is 18.7. The van der Waals surface area contributed by atoms with Crippen LogP contribution in [0, 0.1) is 6.92 Å². The van der Waals surface area contributed by atoms with E-state index in [-0.39, 0.29) is 17.9 Å². The van der Waals surface area contributed by atoms with Gasteiger partial charge in [-0.25, -0.2) is 0 Å². The van der Waals surface area contributed by atoms with Crippen molar-refractivity contribution in [3.63, 3.8) is 0 Å². The summed E-state index contributed by atoms with van der Waals surface area (Å²) in [6.07, 6.45) is 2.37. The van der Waals surface area contributed by atoms with Gasteiger partial charge in [0.25, 0.3) is 5.91 Å². The summed E-state index contributed by atoms with van der Waals surface area (Å²) in [5, 5.41) is 2.19. The van der Waals surface area contributed by atoms with E-state index in [1.807, 2.05) is 52.3 Å². The highest BCUT2D eigenvalue weighted by atomic mass is 32.1. The van der Waals surface area contributed by atoms with E-state index in [1.165, 1.54) is 16.0 Å². The van der Waals surface area contributed by atoms with Gasteiger partial charge in [-0.15, -0.1) is 11.3 Å². The number of hydrogen-bond donors (Lipinski definition) is 0. The average Bonchev–Trinajstić information content (AvgIpc) is 3.23. The predicted octanol–water partition coefficient (Wildman–Crippen LogP) is 4.77. The molecule has 0 saturated carbocycles. The third-order valence-electron chi connectivity index (χ3n) is 7.31. The summed E-state index contributed by atoms with van der Waals surface area (Å²) >= 11 is 1.84. The molecule has 2 aromatic carbocycles. The molecule has 2 aliphatic rings. The molecule has 0 spiro atoms. The van der Waals surface area contributed by atoms with E-state index in [0.717, 1.165) is 37.1 Å². The van der Waals surface area contributed by atoms with Crippen LogP contribution >= 0.6 is 11.3 Å². The molecule has 5 nitrogen and oxygen atoms in total. The Hall–Kier alpha value is -2.96. The Kier molecular flexibility index (Phi) is 7.30. The highest BCUT2D eigenvalue weighted by Gasteiger charge is 2.30. The molecule has 6 heteroatoms. The molecule has 0 unspecified atom stereocenters. The van der Waals surface area contributed by atoms with Crippen molar-refractivity contribution in [3.05, 3.63) is 93.2 Å². The van der Waals surface area contributed by atoms with E-state index >= 15 is 0 Å². The number of rotatable bonds is 5. The van der Waals surface area contributed by atoms with E-state index in [4.69, 9.17) is 0 Å². The van der Waals surface area contributed by atoms with Gasteiger partial charge >= 0.3 is 0 Å². The monoisotopic (exact) mass is 487 g/mol. The summed E-state index contributed by atoms with van der Waals surface area (Å²) in [4.78, 5) is 34.1. The minimum atomic E-state index is 0.0722. The van der Waals surface area contributed by atoms with Crippen LogP contribution < -0.4 is 0 Å². The summed E-state index contributed by atoms with van der Waals surface area (Å²) in [7, 11) is 0. The summed E-state index contributed by atoms with van der Waals surface area (Å²) in [6.45, 7) is 6.30. The summed E-state index contributed by atoms with van der Waals surface area (Å²) in [6, 6.07) is 20.8. The molecule has 1 aromatic heterocycles. The molecule has 2 aliphatic heterocycles. The molecule has 2 amide bonds. The number of amides is 2. The van der Waals surface area contributed by atoms with Gasteiger partial charge in [-0.2, -0.15) is 0 Å². The Balaban J connectivity index is 1.21. The molecule has 0 aliphatic carbocycles. The Morgan fingerprint density at radius 3 is 2.46 bits per heavy atom. The molecule has 1 saturated heterocycles. The summed E-state index contributed by atoms with van der Waals surface area (Å²) < 4.78 is 0. The summed E-state index contributed by atoms with van der Waals surface area (Å²) in [5.41, 5.74) is 4.44. The lowest BCUT2D eigenvalue weighted by molar-refractivity contribution is -0.131. The lowest BCUT2D eigenvalue weighted by Gasteiger charge is -2.36. The molecule has 35 heavy (non-hydrogen) atoms. The Morgan fingerprint density at radius 1 is 0.886 bits per heavy atom. The van der Waals surface area contributed by atoms with E-state index < -0.39 is 0 Å². The molecule has 3 aromatic rings. The van der Waals surface area contributed by atoms with Crippen molar-refractivity contribution in [1.29, 1.82) is 0 Å². The van der Waals surface area contributed by atoms with Crippen LogP contribution in [0.2, 0.25) is 0 Å². The lowest BCUT2D eigenvalue weighted by Crippen LogP contribution is -2.40. The van der Waals surface area contributed by atoms with Crippen LogP contribution in [-0.4, -0.2) is 65.8 Å². The van der Waals surface area contributed by atoms with E-state index in [0.29, 0.717) is 32.6 Å². The maximum Gasteiger partial charge on any atom is 0.254 e. The molecular formula is C29H33N3O2S. The van der Waals surface area contributed by atoms with Gasteiger partial charge in [-0.1, -0.05) is 48.5 Å². The van der Waals surface area contributed by atoms with Gasteiger partial charge in [0.05, 0.1) is 6.04 Å². The largest absolute Gasteiger partial charge is 0.341 e. The first-order valence-corrected chi connectivity index (χ1v) is 13.5. The molecule has 182 valence electrons. The quantitative estimate of drug-likeness (QED) is 0.521. The van der Waals surface area contributed by atoms with Gasteiger partial charge < -0.3 is 9.80 Å². The zero-order valence-corrected chi connectivity index (χ0v) is 21.2. The Morgan fingerprint density at radius 2 is 1.63 bits per heavy atom. The van der Waals surface area contributed by atoms with Crippen LogP contribution in [0.3, 0.4) is 0 Å². The molecule has 1 atom stereocenters. The highest BCUT2D eigenvalue weighted by Crippen LogP contribution is 2.37. The maximum atomic E-state index is 13.2. The first-order valence-electron chi connectivity index (χ1n) is 12.6. The van der Waals surface area contributed by atoms with Crippen molar-refractivity contribution in [2.45, 2.75) is 32.2 Å².